The highest BCUT2D eigenvalue weighted by molar-refractivity contribution is 7.18. The maximum absolute atomic E-state index is 6.53. The van der Waals surface area contributed by atoms with E-state index in [9.17, 15) is 0 Å². The van der Waals surface area contributed by atoms with Crippen molar-refractivity contribution in [3.63, 3.8) is 0 Å². The van der Waals surface area contributed by atoms with E-state index in [0.29, 0.717) is 0 Å². The first kappa shape index (κ1) is 14.9. The fraction of sp³-hybridized carbons (Fsp3) is 0.588. The molecule has 3 nitrogen and oxygen atoms in total. The summed E-state index contributed by atoms with van der Waals surface area (Å²) in [6.45, 7) is 2.32. The maximum atomic E-state index is 6.53. The van der Waals surface area contributed by atoms with Gasteiger partial charge in [0.25, 0.3) is 0 Å². The zero-order chi connectivity index (χ0) is 14.9. The van der Waals surface area contributed by atoms with Crippen LogP contribution in [0.4, 0.5) is 0 Å². The van der Waals surface area contributed by atoms with Gasteiger partial charge in [-0.05, 0) is 43.7 Å². The number of rotatable bonds is 4. The van der Waals surface area contributed by atoms with Crippen molar-refractivity contribution in [2.75, 3.05) is 7.11 Å². The molecule has 1 unspecified atom stereocenters. The number of hydrogen-bond acceptors (Lipinski definition) is 4. The molecule has 1 aromatic heterocycles. The fourth-order valence-electron chi connectivity index (χ4n) is 3.36. The number of thiazole rings is 1. The predicted octanol–water partition coefficient (Wildman–Crippen LogP) is 3.76. The second-order valence-corrected chi connectivity index (χ2v) is 7.45. The van der Waals surface area contributed by atoms with Crippen LogP contribution < -0.4 is 5.73 Å². The summed E-state index contributed by atoms with van der Waals surface area (Å²) in [6.07, 6.45) is 5.36. The van der Waals surface area contributed by atoms with E-state index in [4.69, 9.17) is 15.5 Å². The highest BCUT2D eigenvalue weighted by Crippen LogP contribution is 2.37. The van der Waals surface area contributed by atoms with E-state index >= 15 is 0 Å². The minimum atomic E-state index is -0.162. The molecule has 1 fully saturated rings. The van der Waals surface area contributed by atoms with Gasteiger partial charge in [-0.1, -0.05) is 19.1 Å². The largest absolute Gasteiger partial charge is 0.377 e. The molecule has 1 aliphatic carbocycles. The van der Waals surface area contributed by atoms with E-state index in [1.54, 1.807) is 11.3 Å². The molecule has 0 radical (unpaired) electrons. The first-order valence-electron chi connectivity index (χ1n) is 7.78. The van der Waals surface area contributed by atoms with Crippen LogP contribution in [-0.2, 0) is 11.2 Å². The van der Waals surface area contributed by atoms with Gasteiger partial charge in [-0.15, -0.1) is 11.3 Å². The molecular weight excluding hydrogens is 280 g/mol. The Bertz CT molecular complexity index is 569. The Kier molecular flexibility index (Phi) is 4.29. The van der Waals surface area contributed by atoms with E-state index in [1.165, 1.54) is 17.5 Å². The van der Waals surface area contributed by atoms with E-state index in [1.807, 2.05) is 13.2 Å². The van der Waals surface area contributed by atoms with Gasteiger partial charge in [-0.2, -0.15) is 0 Å². The number of benzene rings is 1. The summed E-state index contributed by atoms with van der Waals surface area (Å²) in [5.41, 5.74) is 7.45. The minimum Gasteiger partial charge on any atom is -0.377 e. The predicted molar refractivity (Wildman–Crippen MR) is 88.7 cm³/mol. The standard InChI is InChI=1S/C17H24N2OS/c1-12-7-9-17(20-2,10-8-12)15(18)11-16-19-13-5-3-4-6-14(13)21-16/h3-6,12,15H,7-11,18H2,1-2H3. The molecule has 114 valence electrons. The summed E-state index contributed by atoms with van der Waals surface area (Å²) in [5, 5.41) is 1.12. The van der Waals surface area contributed by atoms with E-state index in [2.05, 4.69) is 25.1 Å². The Labute approximate surface area is 130 Å². The second kappa shape index (κ2) is 6.03. The smallest absolute Gasteiger partial charge is 0.0955 e. The zero-order valence-corrected chi connectivity index (χ0v) is 13.7. The molecule has 4 heteroatoms. The molecule has 1 atom stereocenters. The van der Waals surface area contributed by atoms with Gasteiger partial charge in [-0.3, -0.25) is 0 Å². The van der Waals surface area contributed by atoms with Gasteiger partial charge in [0.1, 0.15) is 0 Å². The van der Waals surface area contributed by atoms with Gasteiger partial charge in [0, 0.05) is 19.6 Å². The van der Waals surface area contributed by atoms with Gasteiger partial charge in [0.05, 0.1) is 20.8 Å². The quantitative estimate of drug-likeness (QED) is 0.935. The number of ether oxygens (including phenoxy) is 1. The molecule has 1 aliphatic rings. The van der Waals surface area contributed by atoms with Crippen molar-refractivity contribution in [1.29, 1.82) is 0 Å². The lowest BCUT2D eigenvalue weighted by molar-refractivity contribution is -0.0659. The van der Waals surface area contributed by atoms with Gasteiger partial charge in [0.2, 0.25) is 0 Å². The summed E-state index contributed by atoms with van der Waals surface area (Å²) < 4.78 is 7.13. The van der Waals surface area contributed by atoms with E-state index in [0.717, 1.165) is 35.7 Å². The second-order valence-electron chi connectivity index (χ2n) is 6.34. The highest BCUT2D eigenvalue weighted by Gasteiger charge is 2.40. The molecule has 0 saturated heterocycles. The van der Waals surface area contributed by atoms with Crippen molar-refractivity contribution in [2.45, 2.75) is 50.7 Å². The Morgan fingerprint density at radius 3 is 2.76 bits per heavy atom. The maximum Gasteiger partial charge on any atom is 0.0955 e. The number of para-hydroxylation sites is 1. The van der Waals surface area contributed by atoms with Crippen LogP contribution in [0.5, 0.6) is 0 Å². The molecule has 0 bridgehead atoms. The molecular formula is C17H24N2OS. The first-order chi connectivity index (χ1) is 10.1. The summed E-state index contributed by atoms with van der Waals surface area (Å²) in [5.74, 6) is 0.794. The van der Waals surface area contributed by atoms with Crippen LogP contribution in [0.3, 0.4) is 0 Å². The Balaban J connectivity index is 1.76. The van der Waals surface area contributed by atoms with Crippen LogP contribution in [0, 0.1) is 5.92 Å². The van der Waals surface area contributed by atoms with Crippen molar-refractivity contribution in [1.82, 2.24) is 4.98 Å². The molecule has 0 amide bonds. The van der Waals surface area contributed by atoms with Crippen molar-refractivity contribution in [3.05, 3.63) is 29.3 Å². The molecule has 1 aromatic carbocycles. The average Bonchev–Trinajstić information content (AvgIpc) is 2.90. The number of fused-ring (bicyclic) bond motifs is 1. The lowest BCUT2D eigenvalue weighted by Gasteiger charge is -2.42. The zero-order valence-electron chi connectivity index (χ0n) is 12.8. The Hall–Kier alpha value is -0.970. The van der Waals surface area contributed by atoms with Crippen molar-refractivity contribution >= 4 is 21.6 Å². The first-order valence-corrected chi connectivity index (χ1v) is 8.60. The third-order valence-corrected chi connectivity index (χ3v) is 5.99. The molecule has 1 saturated carbocycles. The third kappa shape index (κ3) is 2.98. The summed E-state index contributed by atoms with van der Waals surface area (Å²) >= 11 is 1.75. The highest BCUT2D eigenvalue weighted by atomic mass is 32.1. The summed E-state index contributed by atoms with van der Waals surface area (Å²) in [4.78, 5) is 4.71. The number of hydrogen-bond donors (Lipinski definition) is 1. The van der Waals surface area contributed by atoms with Gasteiger partial charge in [-0.25, -0.2) is 4.98 Å². The monoisotopic (exact) mass is 304 g/mol. The number of nitrogens with two attached hydrogens (primary N) is 1. The molecule has 1 heterocycles. The molecule has 2 aromatic rings. The summed E-state index contributed by atoms with van der Waals surface area (Å²) in [6, 6.07) is 8.30. The number of nitrogens with zero attached hydrogens (tertiary/aromatic N) is 1. The number of aromatic nitrogens is 1. The van der Waals surface area contributed by atoms with E-state index in [-0.39, 0.29) is 11.6 Å². The van der Waals surface area contributed by atoms with Crippen molar-refractivity contribution < 1.29 is 4.74 Å². The minimum absolute atomic E-state index is 0.0237. The molecule has 2 N–H and O–H groups in total. The summed E-state index contributed by atoms with van der Waals surface area (Å²) in [7, 11) is 1.81. The molecule has 21 heavy (non-hydrogen) atoms. The third-order valence-electron chi connectivity index (χ3n) is 4.94. The Morgan fingerprint density at radius 2 is 2.10 bits per heavy atom. The Morgan fingerprint density at radius 1 is 1.38 bits per heavy atom. The lowest BCUT2D eigenvalue weighted by atomic mass is 9.75. The van der Waals surface area contributed by atoms with Crippen LogP contribution in [-0.4, -0.2) is 23.7 Å². The van der Waals surface area contributed by atoms with Gasteiger partial charge >= 0.3 is 0 Å². The van der Waals surface area contributed by atoms with Crippen molar-refractivity contribution in [3.8, 4) is 0 Å². The molecule has 0 aliphatic heterocycles. The fourth-order valence-corrected chi connectivity index (χ4v) is 4.38. The van der Waals surface area contributed by atoms with Crippen LogP contribution in [0.2, 0.25) is 0 Å². The topological polar surface area (TPSA) is 48.1 Å². The van der Waals surface area contributed by atoms with E-state index < -0.39 is 0 Å². The van der Waals surface area contributed by atoms with Crippen LogP contribution >= 0.6 is 11.3 Å². The lowest BCUT2D eigenvalue weighted by Crippen LogP contribution is -2.52. The van der Waals surface area contributed by atoms with Crippen LogP contribution in [0.25, 0.3) is 10.2 Å². The average molecular weight is 304 g/mol. The normalized spacial score (nSPS) is 27.9. The molecule has 0 spiro atoms. The van der Waals surface area contributed by atoms with Crippen molar-refractivity contribution in [2.24, 2.45) is 11.7 Å². The van der Waals surface area contributed by atoms with Gasteiger partial charge < -0.3 is 10.5 Å². The van der Waals surface area contributed by atoms with Crippen LogP contribution in [0.15, 0.2) is 24.3 Å². The number of methoxy groups -OCH3 is 1. The van der Waals surface area contributed by atoms with Gasteiger partial charge in [0.15, 0.2) is 0 Å². The molecule has 3 rings (SSSR count). The SMILES string of the molecule is COC1(C(N)Cc2nc3ccccc3s2)CCC(C)CC1. The van der Waals surface area contributed by atoms with Crippen LogP contribution in [0.1, 0.15) is 37.6 Å².